The minimum absolute atomic E-state index is 0.415. The number of nitrogens with zero attached hydrogens (tertiary/aromatic N) is 2. The molecular weight excluding hydrogens is 381 g/mol. The quantitative estimate of drug-likeness (QED) is 0.787. The van der Waals surface area contributed by atoms with Crippen LogP contribution in [-0.4, -0.2) is 38.8 Å². The molecule has 1 N–H and O–H groups in total. The molecule has 3 rings (SSSR count). The smallest absolute Gasteiger partial charge is 0.418 e. The van der Waals surface area contributed by atoms with Crippen molar-refractivity contribution in [3.05, 3.63) is 48.6 Å². The average Bonchev–Trinajstić information content (AvgIpc) is 3.08. The van der Waals surface area contributed by atoms with Gasteiger partial charge in [0, 0.05) is 35.4 Å². The molecule has 27 heavy (non-hydrogen) atoms. The first kappa shape index (κ1) is 19.9. The lowest BCUT2D eigenvalue weighted by molar-refractivity contribution is -0.245. The van der Waals surface area contributed by atoms with Gasteiger partial charge in [-0.2, -0.15) is 13.2 Å². The predicted octanol–water partition coefficient (Wildman–Crippen LogP) is 4.09. The van der Waals surface area contributed by atoms with E-state index in [0.717, 1.165) is 5.56 Å². The van der Waals surface area contributed by atoms with Crippen LogP contribution in [-0.2, 0) is 11.8 Å². The third kappa shape index (κ3) is 3.38. The third-order valence-corrected chi connectivity index (χ3v) is 5.75. The standard InChI is InChI=1S/C19H19ClF3N2O2/c1-17(2,16(20)18(3,26)19(21,22)23)13-10-12(15-24-6-4-7-25-15)9-11-5-8-27-14(11)13/h4,6-7,9-10,16,26H,3,5,8H2,1-2H3. The molecule has 0 spiro atoms. The Bertz CT molecular complexity index is 839. The summed E-state index contributed by atoms with van der Waals surface area (Å²) in [5, 5.41) is 8.26. The maximum Gasteiger partial charge on any atom is 0.418 e. The number of aliphatic hydroxyl groups is 1. The van der Waals surface area contributed by atoms with Crippen molar-refractivity contribution >= 4 is 11.6 Å². The van der Waals surface area contributed by atoms with E-state index in [0.29, 0.717) is 35.7 Å². The lowest BCUT2D eigenvalue weighted by Gasteiger charge is -2.41. The van der Waals surface area contributed by atoms with Crippen molar-refractivity contribution in [1.29, 1.82) is 0 Å². The number of rotatable bonds is 4. The van der Waals surface area contributed by atoms with Gasteiger partial charge in [0.25, 0.3) is 0 Å². The van der Waals surface area contributed by atoms with Crippen molar-refractivity contribution in [2.45, 2.75) is 42.8 Å². The fourth-order valence-electron chi connectivity index (χ4n) is 3.24. The highest BCUT2D eigenvalue weighted by Crippen LogP contribution is 2.48. The molecule has 0 fully saturated rings. The topological polar surface area (TPSA) is 55.2 Å². The van der Waals surface area contributed by atoms with Crippen molar-refractivity contribution < 1.29 is 23.0 Å². The Labute approximate surface area is 160 Å². The van der Waals surface area contributed by atoms with Gasteiger partial charge < -0.3 is 9.84 Å². The van der Waals surface area contributed by atoms with E-state index in [1.54, 1.807) is 24.5 Å². The highest BCUT2D eigenvalue weighted by molar-refractivity contribution is 6.22. The Morgan fingerprint density at radius 2 is 1.85 bits per heavy atom. The van der Waals surface area contributed by atoms with Crippen LogP contribution in [0.1, 0.15) is 25.0 Å². The maximum absolute atomic E-state index is 13.3. The molecule has 2 aromatic rings. The van der Waals surface area contributed by atoms with Crippen LogP contribution in [0, 0.1) is 6.92 Å². The molecule has 2 heterocycles. The first-order chi connectivity index (χ1) is 12.5. The summed E-state index contributed by atoms with van der Waals surface area (Å²) in [5.74, 6) is 0.930. The molecule has 1 aromatic heterocycles. The highest BCUT2D eigenvalue weighted by atomic mass is 35.5. The molecule has 0 amide bonds. The summed E-state index contributed by atoms with van der Waals surface area (Å²) in [6, 6.07) is 5.20. The van der Waals surface area contributed by atoms with Gasteiger partial charge in [0.2, 0.25) is 0 Å². The Hall–Kier alpha value is -1.86. The van der Waals surface area contributed by atoms with Crippen LogP contribution in [0.3, 0.4) is 0 Å². The summed E-state index contributed by atoms with van der Waals surface area (Å²) in [4.78, 5) is 8.41. The van der Waals surface area contributed by atoms with Crippen LogP contribution in [0.4, 0.5) is 13.2 Å². The molecule has 1 aromatic carbocycles. The Morgan fingerprint density at radius 1 is 1.22 bits per heavy atom. The zero-order valence-corrected chi connectivity index (χ0v) is 15.6. The van der Waals surface area contributed by atoms with Gasteiger partial charge in [-0.25, -0.2) is 9.97 Å². The molecule has 1 radical (unpaired) electrons. The normalized spacial score (nSPS) is 17.8. The molecule has 145 valence electrons. The summed E-state index contributed by atoms with van der Waals surface area (Å²) in [6.45, 7) is 6.41. The van der Waals surface area contributed by atoms with Crippen LogP contribution in [0.15, 0.2) is 30.6 Å². The molecule has 2 atom stereocenters. The van der Waals surface area contributed by atoms with E-state index in [2.05, 4.69) is 16.9 Å². The lowest BCUT2D eigenvalue weighted by atomic mass is 9.73. The predicted molar refractivity (Wildman–Crippen MR) is 95.7 cm³/mol. The van der Waals surface area contributed by atoms with Crippen molar-refractivity contribution in [1.82, 2.24) is 9.97 Å². The largest absolute Gasteiger partial charge is 0.493 e. The molecule has 0 aliphatic carbocycles. The van der Waals surface area contributed by atoms with Gasteiger partial charge in [-0.15, -0.1) is 11.6 Å². The number of benzene rings is 1. The molecule has 1 aliphatic rings. The van der Waals surface area contributed by atoms with E-state index in [4.69, 9.17) is 16.3 Å². The summed E-state index contributed by atoms with van der Waals surface area (Å²) in [5.41, 5.74) is -2.71. The first-order valence-corrected chi connectivity index (χ1v) is 8.76. The second-order valence-electron chi connectivity index (χ2n) is 7.19. The molecule has 2 unspecified atom stereocenters. The molecule has 8 heteroatoms. The van der Waals surface area contributed by atoms with Crippen molar-refractivity contribution in [3.8, 4) is 17.1 Å². The number of aromatic nitrogens is 2. The highest BCUT2D eigenvalue weighted by Gasteiger charge is 2.59. The SMILES string of the molecule is [CH2]C(O)(C(Cl)C(C)(C)c1cc(-c2ncccn2)cc2c1OCC2)C(F)(F)F. The van der Waals surface area contributed by atoms with Gasteiger partial charge in [-0.05, 0) is 30.7 Å². The average molecular weight is 400 g/mol. The van der Waals surface area contributed by atoms with Crippen LogP contribution < -0.4 is 4.74 Å². The zero-order valence-electron chi connectivity index (χ0n) is 14.8. The monoisotopic (exact) mass is 399 g/mol. The van der Waals surface area contributed by atoms with Crippen LogP contribution in [0.5, 0.6) is 5.75 Å². The molecule has 0 bridgehead atoms. The molecular formula is C19H19ClF3N2O2. The first-order valence-electron chi connectivity index (χ1n) is 8.32. The van der Waals surface area contributed by atoms with E-state index in [-0.39, 0.29) is 0 Å². The number of ether oxygens (including phenoxy) is 1. The summed E-state index contributed by atoms with van der Waals surface area (Å²) >= 11 is 6.16. The molecule has 0 saturated heterocycles. The summed E-state index contributed by atoms with van der Waals surface area (Å²) < 4.78 is 45.6. The van der Waals surface area contributed by atoms with Crippen molar-refractivity contribution in [3.63, 3.8) is 0 Å². The van der Waals surface area contributed by atoms with Gasteiger partial charge in [0.1, 0.15) is 5.75 Å². The second kappa shape index (κ2) is 6.63. The van der Waals surface area contributed by atoms with Gasteiger partial charge in [-0.1, -0.05) is 13.8 Å². The number of hydrogen-bond acceptors (Lipinski definition) is 4. The Kier molecular flexibility index (Phi) is 4.89. The molecule has 0 saturated carbocycles. The third-order valence-electron chi connectivity index (χ3n) is 4.85. The van der Waals surface area contributed by atoms with E-state index < -0.39 is 22.6 Å². The molecule has 4 nitrogen and oxygen atoms in total. The summed E-state index contributed by atoms with van der Waals surface area (Å²) in [7, 11) is 0. The second-order valence-corrected chi connectivity index (χ2v) is 7.63. The Morgan fingerprint density at radius 3 is 2.44 bits per heavy atom. The fraction of sp³-hybridized carbons (Fsp3) is 0.421. The number of hydrogen-bond donors (Lipinski definition) is 1. The zero-order chi connectivity index (χ0) is 20.0. The maximum atomic E-state index is 13.3. The van der Waals surface area contributed by atoms with E-state index in [1.165, 1.54) is 13.8 Å². The summed E-state index contributed by atoms with van der Waals surface area (Å²) in [6.07, 6.45) is -1.21. The van der Waals surface area contributed by atoms with E-state index in [9.17, 15) is 18.3 Å². The van der Waals surface area contributed by atoms with Gasteiger partial charge in [0.15, 0.2) is 11.4 Å². The fourth-order valence-corrected chi connectivity index (χ4v) is 3.48. The lowest BCUT2D eigenvalue weighted by Crippen LogP contribution is -2.56. The van der Waals surface area contributed by atoms with Crippen LogP contribution >= 0.6 is 11.6 Å². The molecule has 1 aliphatic heterocycles. The van der Waals surface area contributed by atoms with Crippen molar-refractivity contribution in [2.24, 2.45) is 0 Å². The van der Waals surface area contributed by atoms with Gasteiger partial charge >= 0.3 is 6.18 Å². The Balaban J connectivity index is 2.14. The van der Waals surface area contributed by atoms with Gasteiger partial charge in [-0.3, -0.25) is 0 Å². The minimum atomic E-state index is -4.99. The van der Waals surface area contributed by atoms with E-state index >= 15 is 0 Å². The number of alkyl halides is 4. The number of fused-ring (bicyclic) bond motifs is 1. The van der Waals surface area contributed by atoms with Crippen LogP contribution in [0.2, 0.25) is 0 Å². The van der Waals surface area contributed by atoms with Gasteiger partial charge in [0.05, 0.1) is 12.0 Å². The minimum Gasteiger partial charge on any atom is -0.493 e. The van der Waals surface area contributed by atoms with Crippen molar-refractivity contribution in [2.75, 3.05) is 6.61 Å². The van der Waals surface area contributed by atoms with E-state index in [1.807, 2.05) is 6.07 Å². The number of halogens is 4. The van der Waals surface area contributed by atoms with Crippen LogP contribution in [0.25, 0.3) is 11.4 Å².